The SMILES string of the molecule is CC(C)C(=O)Cc1cccnc1C(=O)NC(C)(C)C. The molecule has 0 atom stereocenters. The Bertz CT molecular complexity index is 473. The molecule has 0 spiro atoms. The van der Waals surface area contributed by atoms with Gasteiger partial charge in [0, 0.05) is 24.1 Å². The first-order valence-electron chi connectivity index (χ1n) is 6.50. The maximum absolute atomic E-state index is 12.1. The second kappa shape index (κ2) is 5.95. The summed E-state index contributed by atoms with van der Waals surface area (Å²) < 4.78 is 0. The van der Waals surface area contributed by atoms with Gasteiger partial charge in [0.05, 0.1) is 0 Å². The van der Waals surface area contributed by atoms with Crippen molar-refractivity contribution in [2.45, 2.75) is 46.6 Å². The molecule has 4 nitrogen and oxygen atoms in total. The lowest BCUT2D eigenvalue weighted by molar-refractivity contribution is -0.121. The van der Waals surface area contributed by atoms with Gasteiger partial charge in [0.1, 0.15) is 11.5 Å². The molecular formula is C15H22N2O2. The van der Waals surface area contributed by atoms with Crippen LogP contribution in [0.4, 0.5) is 0 Å². The van der Waals surface area contributed by atoms with Crippen molar-refractivity contribution in [3.63, 3.8) is 0 Å². The summed E-state index contributed by atoms with van der Waals surface area (Å²) in [7, 11) is 0. The van der Waals surface area contributed by atoms with Crippen LogP contribution in [0.3, 0.4) is 0 Å². The van der Waals surface area contributed by atoms with E-state index in [-0.39, 0.29) is 29.6 Å². The van der Waals surface area contributed by atoms with Crippen LogP contribution in [0, 0.1) is 5.92 Å². The molecule has 1 rings (SSSR count). The molecule has 0 aromatic carbocycles. The van der Waals surface area contributed by atoms with E-state index in [0.29, 0.717) is 11.3 Å². The van der Waals surface area contributed by atoms with E-state index in [1.807, 2.05) is 34.6 Å². The van der Waals surface area contributed by atoms with E-state index in [4.69, 9.17) is 0 Å². The Balaban J connectivity index is 2.96. The molecule has 4 heteroatoms. The third kappa shape index (κ3) is 4.81. The van der Waals surface area contributed by atoms with Crippen LogP contribution in [0.15, 0.2) is 18.3 Å². The van der Waals surface area contributed by atoms with Crippen molar-refractivity contribution in [3.8, 4) is 0 Å². The molecule has 1 N–H and O–H groups in total. The van der Waals surface area contributed by atoms with Crippen LogP contribution in [0.25, 0.3) is 0 Å². The standard InChI is InChI=1S/C15H22N2O2/c1-10(2)12(18)9-11-7-6-8-16-13(11)14(19)17-15(3,4)5/h6-8,10H,9H2,1-5H3,(H,17,19). The second-order valence-electron chi connectivity index (χ2n) is 6.01. The molecule has 0 fully saturated rings. The molecule has 1 aromatic heterocycles. The zero-order chi connectivity index (χ0) is 14.6. The Hall–Kier alpha value is -1.71. The lowest BCUT2D eigenvalue weighted by Gasteiger charge is -2.21. The molecule has 0 saturated carbocycles. The number of Topliss-reactive ketones (excluding diaryl/α,β-unsaturated/α-hetero) is 1. The highest BCUT2D eigenvalue weighted by Gasteiger charge is 2.20. The number of pyridine rings is 1. The predicted octanol–water partition coefficient (Wildman–Crippen LogP) is 2.38. The van der Waals surface area contributed by atoms with E-state index in [1.165, 1.54) is 0 Å². The van der Waals surface area contributed by atoms with Crippen molar-refractivity contribution in [2.24, 2.45) is 5.92 Å². The highest BCUT2D eigenvalue weighted by Crippen LogP contribution is 2.11. The molecule has 1 amide bonds. The average Bonchev–Trinajstić information content (AvgIpc) is 2.27. The Morgan fingerprint density at radius 2 is 1.95 bits per heavy atom. The number of carbonyl (C=O) groups is 2. The highest BCUT2D eigenvalue weighted by molar-refractivity contribution is 5.95. The maximum atomic E-state index is 12.1. The quantitative estimate of drug-likeness (QED) is 0.906. The van der Waals surface area contributed by atoms with E-state index >= 15 is 0 Å². The molecule has 0 aliphatic heterocycles. The third-order valence-electron chi connectivity index (χ3n) is 2.60. The van der Waals surface area contributed by atoms with Gasteiger partial charge in [-0.3, -0.25) is 14.6 Å². The molecule has 0 radical (unpaired) electrons. The summed E-state index contributed by atoms with van der Waals surface area (Å²) in [5.41, 5.74) is 0.697. The number of aromatic nitrogens is 1. The van der Waals surface area contributed by atoms with Crippen LogP contribution in [0.2, 0.25) is 0 Å². The summed E-state index contributed by atoms with van der Waals surface area (Å²) >= 11 is 0. The number of carbonyl (C=O) groups excluding carboxylic acids is 2. The van der Waals surface area contributed by atoms with Gasteiger partial charge in [0.15, 0.2) is 0 Å². The van der Waals surface area contributed by atoms with Crippen molar-refractivity contribution >= 4 is 11.7 Å². The first kappa shape index (κ1) is 15.3. The summed E-state index contributed by atoms with van der Waals surface area (Å²) in [5.74, 6) is -0.170. The minimum atomic E-state index is -0.325. The van der Waals surface area contributed by atoms with Crippen LogP contribution < -0.4 is 5.32 Å². The van der Waals surface area contributed by atoms with Gasteiger partial charge in [0.2, 0.25) is 0 Å². The fourth-order valence-corrected chi connectivity index (χ4v) is 1.58. The van der Waals surface area contributed by atoms with Crippen molar-refractivity contribution in [2.75, 3.05) is 0 Å². The molecule has 0 aliphatic rings. The summed E-state index contributed by atoms with van der Waals surface area (Å²) in [6.07, 6.45) is 1.82. The van der Waals surface area contributed by atoms with E-state index < -0.39 is 0 Å². The molecule has 19 heavy (non-hydrogen) atoms. The first-order chi connectivity index (χ1) is 8.70. The van der Waals surface area contributed by atoms with E-state index in [1.54, 1.807) is 18.3 Å². The number of hydrogen-bond acceptors (Lipinski definition) is 3. The summed E-state index contributed by atoms with van der Waals surface area (Å²) in [6.45, 7) is 9.44. The fourth-order valence-electron chi connectivity index (χ4n) is 1.58. The summed E-state index contributed by atoms with van der Waals surface area (Å²) in [6, 6.07) is 3.53. The second-order valence-corrected chi connectivity index (χ2v) is 6.01. The minimum absolute atomic E-state index is 0.0428. The topological polar surface area (TPSA) is 59.1 Å². The van der Waals surface area contributed by atoms with Gasteiger partial charge in [-0.05, 0) is 32.4 Å². The first-order valence-corrected chi connectivity index (χ1v) is 6.50. The Morgan fingerprint density at radius 1 is 1.32 bits per heavy atom. The zero-order valence-electron chi connectivity index (χ0n) is 12.3. The van der Waals surface area contributed by atoms with E-state index in [2.05, 4.69) is 10.3 Å². The van der Waals surface area contributed by atoms with Gasteiger partial charge < -0.3 is 5.32 Å². The summed E-state index contributed by atoms with van der Waals surface area (Å²) in [4.78, 5) is 28.1. The molecule has 0 saturated heterocycles. The lowest BCUT2D eigenvalue weighted by Crippen LogP contribution is -2.41. The Kier molecular flexibility index (Phi) is 4.81. The summed E-state index contributed by atoms with van der Waals surface area (Å²) in [5, 5.41) is 2.87. The van der Waals surface area contributed by atoms with Gasteiger partial charge in [-0.25, -0.2) is 0 Å². The van der Waals surface area contributed by atoms with Crippen LogP contribution >= 0.6 is 0 Å². The number of hydrogen-bond donors (Lipinski definition) is 1. The number of ketones is 1. The largest absolute Gasteiger partial charge is 0.346 e. The van der Waals surface area contributed by atoms with Crippen molar-refractivity contribution in [1.82, 2.24) is 10.3 Å². The normalized spacial score (nSPS) is 11.5. The molecule has 0 aliphatic carbocycles. The zero-order valence-corrected chi connectivity index (χ0v) is 12.3. The Morgan fingerprint density at radius 3 is 2.47 bits per heavy atom. The molecule has 1 heterocycles. The van der Waals surface area contributed by atoms with Crippen LogP contribution in [-0.4, -0.2) is 22.2 Å². The monoisotopic (exact) mass is 262 g/mol. The maximum Gasteiger partial charge on any atom is 0.270 e. The van der Waals surface area contributed by atoms with E-state index in [0.717, 1.165) is 0 Å². The van der Waals surface area contributed by atoms with Crippen molar-refractivity contribution in [3.05, 3.63) is 29.6 Å². The average molecular weight is 262 g/mol. The van der Waals surface area contributed by atoms with Crippen molar-refractivity contribution < 1.29 is 9.59 Å². The number of nitrogens with zero attached hydrogens (tertiary/aromatic N) is 1. The van der Waals surface area contributed by atoms with Gasteiger partial charge in [-0.2, -0.15) is 0 Å². The van der Waals surface area contributed by atoms with Crippen LogP contribution in [0.1, 0.15) is 50.7 Å². The van der Waals surface area contributed by atoms with Gasteiger partial charge in [-0.15, -0.1) is 0 Å². The minimum Gasteiger partial charge on any atom is -0.346 e. The van der Waals surface area contributed by atoms with Gasteiger partial charge >= 0.3 is 0 Å². The van der Waals surface area contributed by atoms with Crippen LogP contribution in [0.5, 0.6) is 0 Å². The third-order valence-corrected chi connectivity index (χ3v) is 2.60. The number of nitrogens with one attached hydrogen (secondary N) is 1. The molecule has 0 unspecified atom stereocenters. The van der Waals surface area contributed by atoms with E-state index in [9.17, 15) is 9.59 Å². The molecule has 1 aromatic rings. The number of amides is 1. The Labute approximate surface area is 114 Å². The predicted molar refractivity (Wildman–Crippen MR) is 75.0 cm³/mol. The van der Waals surface area contributed by atoms with Gasteiger partial charge in [-0.1, -0.05) is 19.9 Å². The molecule has 0 bridgehead atoms. The van der Waals surface area contributed by atoms with Gasteiger partial charge in [0.25, 0.3) is 5.91 Å². The molecular weight excluding hydrogens is 240 g/mol. The molecule has 104 valence electrons. The van der Waals surface area contributed by atoms with Crippen LogP contribution in [-0.2, 0) is 11.2 Å². The lowest BCUT2D eigenvalue weighted by atomic mass is 9.99. The van der Waals surface area contributed by atoms with Crippen molar-refractivity contribution in [1.29, 1.82) is 0 Å². The smallest absolute Gasteiger partial charge is 0.270 e. The fraction of sp³-hybridized carbons (Fsp3) is 0.533. The highest BCUT2D eigenvalue weighted by atomic mass is 16.2. The number of rotatable bonds is 4.